The van der Waals surface area contributed by atoms with E-state index in [0.717, 1.165) is 32.4 Å². The molecule has 1 amide bonds. The van der Waals surface area contributed by atoms with Crippen molar-refractivity contribution in [3.8, 4) is 0 Å². The molecule has 0 aromatic rings. The fourth-order valence-corrected chi connectivity index (χ4v) is 2.20. The van der Waals surface area contributed by atoms with Gasteiger partial charge in [-0.3, -0.25) is 4.79 Å². The highest BCUT2D eigenvalue weighted by Gasteiger charge is 2.28. The van der Waals surface area contributed by atoms with Gasteiger partial charge in [-0.15, -0.1) is 0 Å². The number of carbonyl (C=O) groups is 1. The smallest absolute Gasteiger partial charge is 0.220 e. The maximum Gasteiger partial charge on any atom is 0.220 e. The van der Waals surface area contributed by atoms with Gasteiger partial charge < -0.3 is 10.6 Å². The quantitative estimate of drug-likeness (QED) is 0.710. The summed E-state index contributed by atoms with van der Waals surface area (Å²) in [6.45, 7) is 6.47. The Bertz CT molecular complexity index is 182. The molecule has 0 bridgehead atoms. The Labute approximate surface area is 80.3 Å². The molecule has 0 saturated carbocycles. The third-order valence-electron chi connectivity index (χ3n) is 3.12. The molecule has 13 heavy (non-hydrogen) atoms. The molecule has 3 nitrogen and oxygen atoms in total. The van der Waals surface area contributed by atoms with E-state index in [1.165, 1.54) is 0 Å². The molecule has 2 N–H and O–H groups in total. The summed E-state index contributed by atoms with van der Waals surface area (Å²) in [5.41, 5.74) is 5.31. The van der Waals surface area contributed by atoms with Gasteiger partial charge in [0.2, 0.25) is 5.91 Å². The van der Waals surface area contributed by atoms with Crippen LogP contribution in [0.25, 0.3) is 0 Å². The first-order valence-corrected chi connectivity index (χ1v) is 5.22. The van der Waals surface area contributed by atoms with E-state index < -0.39 is 0 Å². The SMILES string of the molecule is CCC1CC(C(N)=O)CCN1CC. The molecule has 0 aliphatic carbocycles. The summed E-state index contributed by atoms with van der Waals surface area (Å²) in [5, 5.41) is 0. The number of nitrogens with two attached hydrogens (primary N) is 1. The highest BCUT2D eigenvalue weighted by atomic mass is 16.1. The highest BCUT2D eigenvalue weighted by Crippen LogP contribution is 2.24. The number of nitrogens with zero attached hydrogens (tertiary/aromatic N) is 1. The molecule has 1 fully saturated rings. The summed E-state index contributed by atoms with van der Waals surface area (Å²) in [5.74, 6) is 0.00181. The lowest BCUT2D eigenvalue weighted by atomic mass is 9.89. The van der Waals surface area contributed by atoms with Gasteiger partial charge in [-0.25, -0.2) is 0 Å². The topological polar surface area (TPSA) is 46.3 Å². The van der Waals surface area contributed by atoms with Crippen LogP contribution in [0, 0.1) is 5.92 Å². The Balaban J connectivity index is 2.52. The largest absolute Gasteiger partial charge is 0.369 e. The number of rotatable bonds is 3. The van der Waals surface area contributed by atoms with Crippen molar-refractivity contribution in [2.24, 2.45) is 11.7 Å². The van der Waals surface area contributed by atoms with Crippen LogP contribution < -0.4 is 5.73 Å². The molecule has 1 rings (SSSR count). The molecule has 1 heterocycles. The number of carbonyl (C=O) groups excluding carboxylic acids is 1. The molecule has 0 radical (unpaired) electrons. The minimum absolute atomic E-state index is 0.116. The standard InChI is InChI=1S/C10H20N2O/c1-3-9-7-8(10(11)13)5-6-12(9)4-2/h8-9H,3-7H2,1-2H3,(H2,11,13). The van der Waals surface area contributed by atoms with Crippen LogP contribution in [0.1, 0.15) is 33.1 Å². The maximum atomic E-state index is 11.0. The molecule has 76 valence electrons. The molecule has 0 spiro atoms. The molecular formula is C10H20N2O. The Morgan fingerprint density at radius 3 is 2.69 bits per heavy atom. The molecule has 1 aliphatic rings. The zero-order valence-corrected chi connectivity index (χ0v) is 8.62. The predicted molar refractivity (Wildman–Crippen MR) is 53.2 cm³/mol. The second-order valence-electron chi connectivity index (χ2n) is 3.81. The zero-order chi connectivity index (χ0) is 9.84. The minimum Gasteiger partial charge on any atom is -0.369 e. The molecule has 2 atom stereocenters. The van der Waals surface area contributed by atoms with Gasteiger partial charge in [-0.2, -0.15) is 0 Å². The average Bonchev–Trinajstić information content (AvgIpc) is 2.16. The Morgan fingerprint density at radius 1 is 1.54 bits per heavy atom. The summed E-state index contributed by atoms with van der Waals surface area (Å²) in [6.07, 6.45) is 3.02. The molecule has 1 aliphatic heterocycles. The second-order valence-corrected chi connectivity index (χ2v) is 3.81. The van der Waals surface area contributed by atoms with Crippen LogP contribution >= 0.6 is 0 Å². The maximum absolute atomic E-state index is 11.0. The van der Waals surface area contributed by atoms with Gasteiger partial charge in [-0.05, 0) is 32.4 Å². The molecule has 0 aromatic heterocycles. The van der Waals surface area contributed by atoms with Gasteiger partial charge in [-0.1, -0.05) is 13.8 Å². The minimum atomic E-state index is -0.116. The van der Waals surface area contributed by atoms with E-state index in [9.17, 15) is 4.79 Å². The van der Waals surface area contributed by atoms with Crippen molar-refractivity contribution in [1.82, 2.24) is 4.90 Å². The van der Waals surface area contributed by atoms with Crippen molar-refractivity contribution < 1.29 is 4.79 Å². The summed E-state index contributed by atoms with van der Waals surface area (Å²) in [6, 6.07) is 0.566. The Morgan fingerprint density at radius 2 is 2.23 bits per heavy atom. The van der Waals surface area contributed by atoms with E-state index in [1.54, 1.807) is 0 Å². The van der Waals surface area contributed by atoms with Crippen LogP contribution in [0.2, 0.25) is 0 Å². The zero-order valence-electron chi connectivity index (χ0n) is 8.62. The second kappa shape index (κ2) is 4.61. The lowest BCUT2D eigenvalue weighted by molar-refractivity contribution is -0.123. The van der Waals surface area contributed by atoms with Crippen LogP contribution in [-0.4, -0.2) is 29.9 Å². The summed E-state index contributed by atoms with van der Waals surface area (Å²) in [4.78, 5) is 13.5. The number of piperidine rings is 1. The fraction of sp³-hybridized carbons (Fsp3) is 0.900. The third kappa shape index (κ3) is 2.44. The van der Waals surface area contributed by atoms with E-state index >= 15 is 0 Å². The van der Waals surface area contributed by atoms with Crippen molar-refractivity contribution in [3.05, 3.63) is 0 Å². The van der Waals surface area contributed by atoms with Crippen molar-refractivity contribution in [2.75, 3.05) is 13.1 Å². The Kier molecular flexibility index (Phi) is 3.72. The van der Waals surface area contributed by atoms with Crippen molar-refractivity contribution in [2.45, 2.75) is 39.2 Å². The van der Waals surface area contributed by atoms with Crippen LogP contribution in [0.4, 0.5) is 0 Å². The van der Waals surface area contributed by atoms with Crippen LogP contribution in [0.15, 0.2) is 0 Å². The predicted octanol–water partition coefficient (Wildman–Crippen LogP) is 0.982. The molecular weight excluding hydrogens is 164 g/mol. The summed E-state index contributed by atoms with van der Waals surface area (Å²) >= 11 is 0. The van der Waals surface area contributed by atoms with Crippen LogP contribution in [0.3, 0.4) is 0 Å². The average molecular weight is 184 g/mol. The van der Waals surface area contributed by atoms with Gasteiger partial charge >= 0.3 is 0 Å². The highest BCUT2D eigenvalue weighted by molar-refractivity contribution is 5.76. The van der Waals surface area contributed by atoms with E-state index in [-0.39, 0.29) is 11.8 Å². The molecule has 3 heteroatoms. The van der Waals surface area contributed by atoms with E-state index in [4.69, 9.17) is 5.73 Å². The monoisotopic (exact) mass is 184 g/mol. The van der Waals surface area contributed by atoms with Gasteiger partial charge in [0, 0.05) is 12.0 Å². The first-order valence-electron chi connectivity index (χ1n) is 5.22. The lowest BCUT2D eigenvalue weighted by Gasteiger charge is -2.37. The lowest BCUT2D eigenvalue weighted by Crippen LogP contribution is -2.45. The van der Waals surface area contributed by atoms with Crippen LogP contribution in [-0.2, 0) is 4.79 Å². The first kappa shape index (κ1) is 10.5. The van der Waals surface area contributed by atoms with E-state index in [0.29, 0.717) is 6.04 Å². The van der Waals surface area contributed by atoms with Crippen molar-refractivity contribution in [3.63, 3.8) is 0 Å². The van der Waals surface area contributed by atoms with Crippen LogP contribution in [0.5, 0.6) is 0 Å². The number of likely N-dealkylation sites (tertiary alicyclic amines) is 1. The number of amides is 1. The normalized spacial score (nSPS) is 30.3. The summed E-state index contributed by atoms with van der Waals surface area (Å²) in [7, 11) is 0. The van der Waals surface area contributed by atoms with Gasteiger partial charge in [0.1, 0.15) is 0 Å². The molecule has 2 unspecified atom stereocenters. The number of hydrogen-bond donors (Lipinski definition) is 1. The Hall–Kier alpha value is -0.570. The van der Waals surface area contributed by atoms with Gasteiger partial charge in [0.05, 0.1) is 0 Å². The molecule has 1 saturated heterocycles. The summed E-state index contributed by atoms with van der Waals surface area (Å²) < 4.78 is 0. The van der Waals surface area contributed by atoms with Crippen molar-refractivity contribution >= 4 is 5.91 Å². The number of primary amides is 1. The van der Waals surface area contributed by atoms with Gasteiger partial charge in [0.15, 0.2) is 0 Å². The molecule has 0 aromatic carbocycles. The van der Waals surface area contributed by atoms with E-state index in [1.807, 2.05) is 0 Å². The first-order chi connectivity index (χ1) is 6.19. The van der Waals surface area contributed by atoms with Gasteiger partial charge in [0.25, 0.3) is 0 Å². The fourth-order valence-electron chi connectivity index (χ4n) is 2.20. The van der Waals surface area contributed by atoms with Crippen molar-refractivity contribution in [1.29, 1.82) is 0 Å². The third-order valence-corrected chi connectivity index (χ3v) is 3.12. The van der Waals surface area contributed by atoms with E-state index in [2.05, 4.69) is 18.7 Å². The number of hydrogen-bond acceptors (Lipinski definition) is 2.